The highest BCUT2D eigenvalue weighted by Crippen LogP contribution is 2.31. The van der Waals surface area contributed by atoms with E-state index >= 15 is 0 Å². The van der Waals surface area contributed by atoms with Crippen LogP contribution in [0.4, 0.5) is 18.9 Å². The minimum Gasteiger partial charge on any atom is -0.595 e. The minimum absolute atomic E-state index is 0.168. The molecular formula is C16H13ClF3N3O2. The predicted octanol–water partition coefficient (Wildman–Crippen LogP) is 3.61. The highest BCUT2D eigenvalue weighted by Gasteiger charge is 2.33. The molecule has 0 amide bonds. The minimum atomic E-state index is -4.43. The van der Waals surface area contributed by atoms with Crippen molar-refractivity contribution in [3.8, 4) is 5.75 Å². The number of hydrogen-bond acceptors (Lipinski definition) is 4. The monoisotopic (exact) mass is 371 g/mol. The first-order valence-corrected chi connectivity index (χ1v) is 7.57. The van der Waals surface area contributed by atoms with Gasteiger partial charge in [-0.3, -0.25) is 0 Å². The zero-order valence-electron chi connectivity index (χ0n) is 13.0. The molecule has 0 fully saturated rings. The van der Waals surface area contributed by atoms with Crippen molar-refractivity contribution >= 4 is 23.0 Å². The zero-order chi connectivity index (χ0) is 18.2. The van der Waals surface area contributed by atoms with E-state index in [0.717, 1.165) is 17.3 Å². The van der Waals surface area contributed by atoms with Gasteiger partial charge >= 0.3 is 6.18 Å². The van der Waals surface area contributed by atoms with Crippen LogP contribution in [0.2, 0.25) is 5.02 Å². The first-order valence-electron chi connectivity index (χ1n) is 7.19. The lowest BCUT2D eigenvalue weighted by Crippen LogP contribution is -2.36. The van der Waals surface area contributed by atoms with E-state index in [2.05, 4.69) is 5.43 Å². The fourth-order valence-corrected chi connectivity index (χ4v) is 2.67. The lowest BCUT2D eigenvalue weighted by molar-refractivity contribution is -0.470. The van der Waals surface area contributed by atoms with Gasteiger partial charge in [-0.15, -0.1) is 0 Å². The lowest BCUT2D eigenvalue weighted by atomic mass is 10.1. The van der Waals surface area contributed by atoms with Crippen LogP contribution in [0.5, 0.6) is 5.75 Å². The second-order valence-corrected chi connectivity index (χ2v) is 5.69. The number of halogens is 4. The molecule has 5 nitrogen and oxygen atoms in total. The summed E-state index contributed by atoms with van der Waals surface area (Å²) in [5, 5.41) is 14.1. The van der Waals surface area contributed by atoms with Crippen molar-refractivity contribution < 1.29 is 22.8 Å². The Morgan fingerprint density at radius 1 is 1.20 bits per heavy atom. The van der Waals surface area contributed by atoms with Crippen LogP contribution in [0.25, 0.3) is 0 Å². The van der Waals surface area contributed by atoms with Gasteiger partial charge in [0.2, 0.25) is 5.71 Å². The van der Waals surface area contributed by atoms with Crippen LogP contribution in [0.1, 0.15) is 11.1 Å². The van der Waals surface area contributed by atoms with Crippen LogP contribution in [-0.2, 0) is 6.18 Å². The largest absolute Gasteiger partial charge is 0.595 e. The molecule has 1 N–H and O–H groups in total. The number of rotatable bonds is 3. The first kappa shape index (κ1) is 17.4. The number of hydrazone groups is 1. The molecule has 1 heterocycles. The second kappa shape index (κ2) is 6.45. The highest BCUT2D eigenvalue weighted by atomic mass is 35.5. The molecule has 0 bridgehead atoms. The third-order valence-corrected chi connectivity index (χ3v) is 3.96. The van der Waals surface area contributed by atoms with E-state index in [1.165, 1.54) is 19.2 Å². The Kier molecular flexibility index (Phi) is 4.49. The van der Waals surface area contributed by atoms with E-state index in [-0.39, 0.29) is 12.2 Å². The van der Waals surface area contributed by atoms with E-state index in [1.807, 2.05) is 0 Å². The standard InChI is InChI=1S/C16H13ClF3N3O2/c1-25-15-7-4-11(17)8-13(15)14-9-21-22(23(14)24)12-5-2-10(3-6-12)16(18,19)20/h2-8,21H,9H2,1H3. The average Bonchev–Trinajstić information content (AvgIpc) is 2.95. The summed E-state index contributed by atoms with van der Waals surface area (Å²) in [4.78, 5) is 0.566. The van der Waals surface area contributed by atoms with Gasteiger partial charge in [-0.1, -0.05) is 21.6 Å². The zero-order valence-corrected chi connectivity index (χ0v) is 13.7. The number of nitrogens with zero attached hydrogens (tertiary/aromatic N) is 2. The van der Waals surface area contributed by atoms with E-state index < -0.39 is 11.7 Å². The molecule has 1 aliphatic rings. The Morgan fingerprint density at radius 3 is 2.48 bits per heavy atom. The fraction of sp³-hybridized carbons (Fsp3) is 0.188. The maximum Gasteiger partial charge on any atom is 0.416 e. The number of ether oxygens (including phenoxy) is 1. The van der Waals surface area contributed by atoms with Crippen LogP contribution >= 0.6 is 11.6 Å². The van der Waals surface area contributed by atoms with Crippen molar-refractivity contribution in [3.63, 3.8) is 0 Å². The Labute approximate surface area is 146 Å². The predicted molar refractivity (Wildman–Crippen MR) is 87.7 cm³/mol. The number of alkyl halides is 3. The van der Waals surface area contributed by atoms with Gasteiger partial charge in [0, 0.05) is 5.02 Å². The molecule has 2 aromatic rings. The van der Waals surface area contributed by atoms with Crippen molar-refractivity contribution in [2.75, 3.05) is 18.8 Å². The summed E-state index contributed by atoms with van der Waals surface area (Å²) in [7, 11) is 1.47. The van der Waals surface area contributed by atoms with Crippen LogP contribution < -0.4 is 15.3 Å². The van der Waals surface area contributed by atoms with Gasteiger partial charge in [-0.2, -0.15) is 18.6 Å². The molecule has 0 aliphatic carbocycles. The highest BCUT2D eigenvalue weighted by molar-refractivity contribution is 6.31. The maximum atomic E-state index is 12.6. The molecule has 0 radical (unpaired) electrons. The Balaban J connectivity index is 1.95. The van der Waals surface area contributed by atoms with Crippen molar-refractivity contribution in [2.45, 2.75) is 6.18 Å². The third-order valence-electron chi connectivity index (χ3n) is 3.72. The van der Waals surface area contributed by atoms with E-state index in [1.54, 1.807) is 18.2 Å². The van der Waals surface area contributed by atoms with E-state index in [9.17, 15) is 18.4 Å². The molecule has 0 saturated heterocycles. The van der Waals surface area contributed by atoms with Gasteiger partial charge in [0.15, 0.2) is 0 Å². The quantitative estimate of drug-likeness (QED) is 0.661. The van der Waals surface area contributed by atoms with Crippen molar-refractivity contribution in [1.82, 2.24) is 5.43 Å². The van der Waals surface area contributed by atoms with Crippen LogP contribution in [-0.4, -0.2) is 24.2 Å². The molecule has 9 heteroatoms. The molecule has 132 valence electrons. The van der Waals surface area contributed by atoms with Crippen LogP contribution in [0.3, 0.4) is 0 Å². The molecule has 0 spiro atoms. The van der Waals surface area contributed by atoms with Gasteiger partial charge in [-0.25, -0.2) is 0 Å². The van der Waals surface area contributed by atoms with Crippen LogP contribution in [0.15, 0.2) is 42.5 Å². The topological polar surface area (TPSA) is 50.6 Å². The van der Waals surface area contributed by atoms with Gasteiger partial charge in [-0.05, 0) is 42.5 Å². The van der Waals surface area contributed by atoms with Gasteiger partial charge in [0.25, 0.3) is 0 Å². The van der Waals surface area contributed by atoms with Gasteiger partial charge in [0.05, 0.1) is 18.2 Å². The van der Waals surface area contributed by atoms with E-state index in [0.29, 0.717) is 26.9 Å². The summed E-state index contributed by atoms with van der Waals surface area (Å²) in [6.07, 6.45) is -4.43. The van der Waals surface area contributed by atoms with E-state index in [4.69, 9.17) is 16.3 Å². The number of methoxy groups -OCH3 is 1. The average molecular weight is 372 g/mol. The van der Waals surface area contributed by atoms with Crippen LogP contribution in [0, 0.1) is 5.21 Å². The molecule has 0 saturated carbocycles. The SMILES string of the molecule is COc1ccc(Cl)cc1C1=[N+]([O-])N(c2ccc(C(F)(F)F)cc2)NC1. The Morgan fingerprint density at radius 2 is 1.88 bits per heavy atom. The van der Waals surface area contributed by atoms with Gasteiger partial charge < -0.3 is 9.94 Å². The normalized spacial score (nSPS) is 15.0. The summed E-state index contributed by atoms with van der Waals surface area (Å²) >= 11 is 5.98. The second-order valence-electron chi connectivity index (χ2n) is 5.26. The molecule has 0 atom stereocenters. The summed E-state index contributed by atoms with van der Waals surface area (Å²) in [5.74, 6) is 0.469. The molecule has 3 rings (SSSR count). The third kappa shape index (κ3) is 3.35. The summed E-state index contributed by atoms with van der Waals surface area (Å²) in [6.45, 7) is 0.168. The molecule has 1 aliphatic heterocycles. The van der Waals surface area contributed by atoms with Gasteiger partial charge in [0.1, 0.15) is 18.0 Å². The Hall–Kier alpha value is -2.45. The molecule has 2 aromatic carbocycles. The number of benzene rings is 2. The summed E-state index contributed by atoms with van der Waals surface area (Å²) in [6, 6.07) is 9.15. The lowest BCUT2D eigenvalue weighted by Gasteiger charge is -2.16. The number of hydrogen-bond donors (Lipinski definition) is 1. The van der Waals surface area contributed by atoms with Crippen molar-refractivity contribution in [3.05, 3.63) is 63.8 Å². The van der Waals surface area contributed by atoms with Crippen molar-refractivity contribution in [2.24, 2.45) is 0 Å². The first-order chi connectivity index (χ1) is 11.8. The Bertz CT molecular complexity index is 822. The number of nitrogens with one attached hydrogen (secondary N) is 1. The smallest absolute Gasteiger partial charge is 0.416 e. The van der Waals surface area contributed by atoms with Crippen molar-refractivity contribution in [1.29, 1.82) is 0 Å². The maximum absolute atomic E-state index is 12.6. The molecular weight excluding hydrogens is 359 g/mol. The molecule has 0 unspecified atom stereocenters. The summed E-state index contributed by atoms with van der Waals surface area (Å²) in [5.41, 5.74) is 3.16. The number of anilines is 1. The molecule has 25 heavy (non-hydrogen) atoms. The molecule has 0 aromatic heterocycles. The number of hydrazine groups is 2. The summed E-state index contributed by atoms with van der Waals surface area (Å²) < 4.78 is 43.2. The fourth-order valence-electron chi connectivity index (χ4n) is 2.49.